The van der Waals surface area contributed by atoms with Crippen LogP contribution in [0.15, 0.2) is 48.3 Å². The Kier molecular flexibility index (Phi) is 22.9. The minimum absolute atomic E-state index is 0. The number of halogens is 15. The Morgan fingerprint density at radius 3 is 1.20 bits per heavy atom. The van der Waals surface area contributed by atoms with Gasteiger partial charge in [-0.2, -0.15) is 57.1 Å². The van der Waals surface area contributed by atoms with Crippen LogP contribution in [0.4, 0.5) is 65.9 Å². The van der Waals surface area contributed by atoms with E-state index in [1.165, 1.54) is 6.92 Å². The zero-order chi connectivity index (χ0) is 65.7. The maximum Gasteiger partial charge on any atom is 1.00 e. The number of rotatable bonds is 7. The first-order chi connectivity index (χ1) is 39.8. The second-order valence-corrected chi connectivity index (χ2v) is 24.6. The van der Waals surface area contributed by atoms with Crippen LogP contribution in [0.25, 0.3) is 0 Å². The van der Waals surface area contributed by atoms with Crippen molar-refractivity contribution in [1.29, 1.82) is 0 Å². The van der Waals surface area contributed by atoms with Gasteiger partial charge in [0.15, 0.2) is 33.8 Å². The first kappa shape index (κ1) is 74.8. The standard InChI is InChI=1S/C18H21F5O5.C14H19FO3.C14H18O3.C3HF5O.C3H4F4O2.C3H6O3.Li/c1-9(2)13(24)28-14-5-10-3-11(6-14)15(12(4-10)7-14)16(19,20)17(25,18(21,22)23)27-8-26-15;1-8(2)12(16)18-13-5-9-3-10(6-13)14(15,17)11(4-9)7-13;1-8(2)13(16)17-14-5-9-3-10(6-14)12(15)11(4-9)7-14;4-2(5)1(9)3(6,7)8;4-1-2(8,9)3(5,6)7;1-4-2-6-3-5-1;/h10-12,25H,1,3-8H2,2H3;9-11,17H,1,3-7H2,2H3;9-11H,1,3-7H2,2H3;9H;8-9H,1H2;1-3H2;/q;;;;;;+1/p-1. The number of allylic oxidation sites excluding steroid dienone is 1. The molecule has 0 aromatic rings. The summed E-state index contributed by atoms with van der Waals surface area (Å²) in [6.45, 7) is 13.3. The summed E-state index contributed by atoms with van der Waals surface area (Å²) in [6, 6.07) is 0. The van der Waals surface area contributed by atoms with Crippen molar-refractivity contribution in [3.05, 3.63) is 48.3 Å². The van der Waals surface area contributed by atoms with Crippen molar-refractivity contribution in [2.45, 2.75) is 181 Å². The predicted molar refractivity (Wildman–Crippen MR) is 261 cm³/mol. The molecule has 0 radical (unpaired) electrons. The number of esters is 3. The Balaban J connectivity index is 0.000000206. The molecule has 2 saturated heterocycles. The molecule has 2 heterocycles. The van der Waals surface area contributed by atoms with Crippen LogP contribution in [-0.4, -0.2) is 142 Å². The van der Waals surface area contributed by atoms with Gasteiger partial charge in [-0.15, -0.1) is 0 Å². The third kappa shape index (κ3) is 15.4. The maximum atomic E-state index is 15.3. The molecule has 12 aliphatic carbocycles. The number of Topliss-reactive ketones (excluding diaryl/α,β-unsaturated/α-hetero) is 1. The molecule has 7 unspecified atom stereocenters. The molecule has 1 spiro atoms. The maximum absolute atomic E-state index is 15.3. The van der Waals surface area contributed by atoms with Gasteiger partial charge in [0.05, 0.1) is 0 Å². The van der Waals surface area contributed by atoms with Gasteiger partial charge in [-0.3, -0.25) is 4.79 Å². The van der Waals surface area contributed by atoms with E-state index >= 15 is 8.78 Å². The number of carbonyl (C=O) groups is 4. The molecule has 12 saturated carbocycles. The molecule has 14 aliphatic rings. The molecule has 7 atom stereocenters. The summed E-state index contributed by atoms with van der Waals surface area (Å²) in [5.74, 6) is -21.2. The largest absolute Gasteiger partial charge is 1.00 e. The third-order valence-corrected chi connectivity index (χ3v) is 18.0. The van der Waals surface area contributed by atoms with E-state index in [1.54, 1.807) is 13.8 Å². The minimum Gasteiger partial charge on any atom is -0.866 e. The molecule has 4 N–H and O–H groups in total. The molecule has 17 nitrogen and oxygen atoms in total. The first-order valence-electron chi connectivity index (χ1n) is 27.4. The van der Waals surface area contributed by atoms with E-state index in [1.807, 2.05) is 0 Å². The van der Waals surface area contributed by atoms with Gasteiger partial charge in [0, 0.05) is 46.2 Å². The van der Waals surface area contributed by atoms with E-state index in [2.05, 4.69) is 38.7 Å². The van der Waals surface area contributed by atoms with Gasteiger partial charge >= 0.3 is 67.0 Å². The van der Waals surface area contributed by atoms with E-state index in [0.717, 1.165) is 51.4 Å². The molecule has 2 aliphatic heterocycles. The molecular weight excluding hydrogens is 1220 g/mol. The van der Waals surface area contributed by atoms with Crippen LogP contribution in [0.5, 0.6) is 0 Å². The van der Waals surface area contributed by atoms with Crippen LogP contribution in [-0.2, 0) is 57.1 Å². The molecule has 88 heavy (non-hydrogen) atoms. The number of hydrogen-bond donors (Lipinski definition) is 4. The van der Waals surface area contributed by atoms with Crippen LogP contribution < -0.4 is 24.0 Å². The number of ketones is 1. The summed E-state index contributed by atoms with van der Waals surface area (Å²) in [5, 5.41) is 44.5. The zero-order valence-corrected chi connectivity index (χ0v) is 48.2. The quantitative estimate of drug-likeness (QED) is 0.0431. The predicted octanol–water partition coefficient (Wildman–Crippen LogP) is 6.05. The van der Waals surface area contributed by atoms with Gasteiger partial charge in [-0.1, -0.05) is 19.7 Å². The summed E-state index contributed by atoms with van der Waals surface area (Å²) in [6.07, 6.45) is -11.3. The van der Waals surface area contributed by atoms with E-state index in [4.69, 9.17) is 29.2 Å². The normalized spacial score (nSPS) is 37.3. The molecule has 33 heteroatoms. The van der Waals surface area contributed by atoms with Gasteiger partial charge in [0.1, 0.15) is 28.2 Å². The number of ether oxygens (including phenoxy) is 8. The van der Waals surface area contributed by atoms with Crippen molar-refractivity contribution in [1.82, 2.24) is 0 Å². The van der Waals surface area contributed by atoms with Gasteiger partial charge < -0.3 is 63.4 Å². The Morgan fingerprint density at radius 1 is 0.580 bits per heavy atom. The molecule has 0 aromatic carbocycles. The molecule has 0 aromatic heterocycles. The number of hydrogen-bond acceptors (Lipinski definition) is 17. The first-order valence-corrected chi connectivity index (χ1v) is 27.4. The Hall–Kier alpha value is -3.97. The minimum atomic E-state index is -5.70. The fourth-order valence-electron chi connectivity index (χ4n) is 14.8. The second-order valence-electron chi connectivity index (χ2n) is 24.6. The summed E-state index contributed by atoms with van der Waals surface area (Å²) < 4.78 is 223. The SMILES string of the molecule is C1OCOCO1.C=C(C)C(=O)OC12CC3CC(C1)C(=O)C(C3)C2.C=C(C)C(=O)OC12CC3CC(C1)C(O)(F)C(C3)C2.C=C(C)C(=O)OC12CC3CC(C1)C1(OCOC(O)(C(F)(F)F)C1(F)F)C(C3)C2.OC(O)(CF)C(F)(F)F.[Li+].[O-]C(=C(F)F)C(F)(F)F. The van der Waals surface area contributed by atoms with E-state index in [9.17, 15) is 91.6 Å². The van der Waals surface area contributed by atoms with Crippen LogP contribution in [0.1, 0.15) is 117 Å². The van der Waals surface area contributed by atoms with Crippen molar-refractivity contribution in [3.63, 3.8) is 0 Å². The molecule has 0 amide bonds. The summed E-state index contributed by atoms with van der Waals surface area (Å²) in [4.78, 5) is 47.4. The summed E-state index contributed by atoms with van der Waals surface area (Å²) in [7, 11) is 0. The van der Waals surface area contributed by atoms with Crippen molar-refractivity contribution in [2.24, 2.45) is 53.3 Å². The fourth-order valence-corrected chi connectivity index (χ4v) is 14.8. The number of alkyl halides is 13. The molecule has 14 fully saturated rings. The second kappa shape index (κ2) is 26.9. The molecule has 12 bridgehead atoms. The van der Waals surface area contributed by atoms with Crippen molar-refractivity contribution in [3.8, 4) is 0 Å². The van der Waals surface area contributed by atoms with E-state index < -0.39 is 102 Å². The topological polar surface area (TPSA) is 246 Å². The average Bonchev–Trinajstić information content (AvgIpc) is 0.682. The van der Waals surface area contributed by atoms with Crippen molar-refractivity contribution < 1.29 is 167 Å². The van der Waals surface area contributed by atoms with Gasteiger partial charge in [-0.25, -0.2) is 23.2 Å². The Labute approximate surface area is 506 Å². The zero-order valence-electron chi connectivity index (χ0n) is 48.2. The van der Waals surface area contributed by atoms with Gasteiger partial charge in [0.25, 0.3) is 11.9 Å². The smallest absolute Gasteiger partial charge is 0.866 e. The number of aliphatic hydroxyl groups is 4. The van der Waals surface area contributed by atoms with Crippen LogP contribution in [0.2, 0.25) is 0 Å². The molecule has 496 valence electrons. The van der Waals surface area contributed by atoms with Crippen molar-refractivity contribution in [2.75, 3.05) is 33.8 Å². The van der Waals surface area contributed by atoms with E-state index in [0.29, 0.717) is 68.4 Å². The van der Waals surface area contributed by atoms with Crippen LogP contribution >= 0.6 is 0 Å². The molecule has 14 rings (SSSR count). The van der Waals surface area contributed by atoms with E-state index in [-0.39, 0.29) is 97.2 Å². The van der Waals surface area contributed by atoms with Crippen LogP contribution in [0, 0.1) is 53.3 Å². The van der Waals surface area contributed by atoms with Crippen molar-refractivity contribution >= 4 is 23.7 Å². The number of carbonyl (C=O) groups excluding carboxylic acids is 4. The Bertz CT molecular complexity index is 2560. The monoisotopic (exact) mass is 1290 g/mol. The van der Waals surface area contributed by atoms with Gasteiger partial charge in [-0.05, 0) is 147 Å². The summed E-state index contributed by atoms with van der Waals surface area (Å²) >= 11 is 0. The van der Waals surface area contributed by atoms with Gasteiger partial charge in [0.2, 0.25) is 5.85 Å². The fraction of sp³-hybridized carbons (Fsp3) is 0.782. The summed E-state index contributed by atoms with van der Waals surface area (Å²) in [5.41, 5.74) is -3.46. The average molecular weight is 1290 g/mol. The van der Waals surface area contributed by atoms with Crippen LogP contribution in [0.3, 0.4) is 0 Å². The molecular formula is C55H68F15LiO17. The third-order valence-electron chi connectivity index (χ3n) is 18.0. The Morgan fingerprint density at radius 2 is 0.920 bits per heavy atom.